The fourth-order valence-corrected chi connectivity index (χ4v) is 5.17. The molecule has 0 bridgehead atoms. The second-order valence-corrected chi connectivity index (χ2v) is 9.89. The summed E-state index contributed by atoms with van der Waals surface area (Å²) in [6.07, 6.45) is 0.892. The maximum atomic E-state index is 8.54. The van der Waals surface area contributed by atoms with Crippen LogP contribution in [0.5, 0.6) is 0 Å². The zero-order chi connectivity index (χ0) is 24.3. The lowest BCUT2D eigenvalue weighted by atomic mass is 10.0. The normalized spacial score (nSPS) is 23.1. The van der Waals surface area contributed by atoms with Crippen molar-refractivity contribution in [2.75, 3.05) is 6.61 Å². The van der Waals surface area contributed by atoms with E-state index in [1.807, 2.05) is 73.7 Å². The molecule has 0 aromatic heterocycles. The minimum absolute atomic E-state index is 0.0318. The van der Waals surface area contributed by atoms with Gasteiger partial charge in [-0.25, -0.2) is 0 Å². The summed E-state index contributed by atoms with van der Waals surface area (Å²) in [5.74, 6) is 0. The molecule has 2 heterocycles. The molecule has 4 atom stereocenters. The van der Waals surface area contributed by atoms with E-state index in [-0.39, 0.29) is 30.3 Å². The summed E-state index contributed by atoms with van der Waals surface area (Å²) in [6.45, 7) is 3.96. The van der Waals surface area contributed by atoms with Gasteiger partial charge in [-0.15, -0.1) is 0 Å². The number of aliphatic hydroxyl groups is 1. The van der Waals surface area contributed by atoms with Crippen LogP contribution in [0, 0.1) is 0 Å². The summed E-state index contributed by atoms with van der Waals surface area (Å²) >= 11 is 1.70. The molecule has 1 fully saturated rings. The van der Waals surface area contributed by atoms with E-state index in [4.69, 9.17) is 24.3 Å². The molecule has 3 aromatic carbocycles. The average Bonchev–Trinajstić information content (AvgIpc) is 3.29. The van der Waals surface area contributed by atoms with Crippen molar-refractivity contribution in [3.63, 3.8) is 0 Å². The molecule has 1 saturated heterocycles. The van der Waals surface area contributed by atoms with Crippen LogP contribution in [0.1, 0.15) is 30.0 Å². The highest BCUT2D eigenvalue weighted by molar-refractivity contribution is 8.14. The van der Waals surface area contributed by atoms with Crippen molar-refractivity contribution in [2.45, 2.75) is 56.9 Å². The smallest absolute Gasteiger partial charge is 0.134 e. The van der Waals surface area contributed by atoms with Gasteiger partial charge >= 0.3 is 0 Å². The van der Waals surface area contributed by atoms with E-state index in [0.29, 0.717) is 19.8 Å². The molecular weight excluding hydrogens is 458 g/mol. The van der Waals surface area contributed by atoms with Crippen LogP contribution in [0.4, 0.5) is 0 Å². The van der Waals surface area contributed by atoms with Gasteiger partial charge in [-0.05, 0) is 23.6 Å². The monoisotopic (exact) mass is 491 g/mol. The maximum Gasteiger partial charge on any atom is 0.134 e. The molecule has 1 N–H and O–H groups in total. The van der Waals surface area contributed by atoms with Gasteiger partial charge in [-0.3, -0.25) is 4.99 Å². The highest BCUT2D eigenvalue weighted by Gasteiger charge is 2.43. The zero-order valence-electron chi connectivity index (χ0n) is 20.0. The third-order valence-electron chi connectivity index (χ3n) is 5.85. The summed E-state index contributed by atoms with van der Waals surface area (Å²) in [7, 11) is 0. The molecule has 3 aromatic rings. The number of hydrogen-bond donors (Lipinski definition) is 1. The highest BCUT2D eigenvalue weighted by atomic mass is 32.2. The minimum Gasteiger partial charge on any atom is -0.392 e. The summed E-state index contributed by atoms with van der Waals surface area (Å²) < 4.78 is 18.4. The fraction of sp³-hybridized carbons (Fsp3) is 0.345. The molecule has 6 heteroatoms. The molecular formula is C29H33NO4S. The molecule has 2 aliphatic rings. The van der Waals surface area contributed by atoms with Crippen molar-refractivity contribution in [3.8, 4) is 0 Å². The van der Waals surface area contributed by atoms with Crippen molar-refractivity contribution in [2.24, 2.45) is 4.99 Å². The topological polar surface area (TPSA) is 60.3 Å². The zero-order valence-corrected chi connectivity index (χ0v) is 20.8. The summed E-state index contributed by atoms with van der Waals surface area (Å²) in [5, 5.41) is 9.61. The van der Waals surface area contributed by atoms with Crippen LogP contribution < -0.4 is 0 Å². The first-order valence-corrected chi connectivity index (χ1v) is 12.9. The Kier molecular flexibility index (Phi) is 9.93. The van der Waals surface area contributed by atoms with E-state index in [0.717, 1.165) is 17.0 Å². The molecule has 0 saturated carbocycles. The van der Waals surface area contributed by atoms with Gasteiger partial charge in [0.05, 0.1) is 43.7 Å². The van der Waals surface area contributed by atoms with Gasteiger partial charge in [0, 0.05) is 6.42 Å². The first-order chi connectivity index (χ1) is 17.2. The van der Waals surface area contributed by atoms with Crippen molar-refractivity contribution < 1.29 is 19.3 Å². The summed E-state index contributed by atoms with van der Waals surface area (Å²) in [5.41, 5.74) is 3.36. The Morgan fingerprint density at radius 2 is 1.43 bits per heavy atom. The molecule has 184 valence electrons. The van der Waals surface area contributed by atoms with Crippen LogP contribution in [-0.4, -0.2) is 40.4 Å². The number of aliphatic hydroxyl groups excluding tert-OH is 1. The van der Waals surface area contributed by atoms with E-state index in [2.05, 4.69) is 24.3 Å². The second kappa shape index (κ2) is 13.6. The third kappa shape index (κ3) is 8.02. The van der Waals surface area contributed by atoms with Crippen LogP contribution in [-0.2, 0) is 34.0 Å². The Bertz CT molecular complexity index is 1030. The molecule has 0 amide bonds. The number of aliphatic imine (C=N–C) groups is 1. The van der Waals surface area contributed by atoms with Crippen LogP contribution in [0.2, 0.25) is 0 Å². The van der Waals surface area contributed by atoms with E-state index >= 15 is 0 Å². The van der Waals surface area contributed by atoms with Gasteiger partial charge in [0.25, 0.3) is 0 Å². The average molecular weight is 492 g/mol. The van der Waals surface area contributed by atoms with E-state index < -0.39 is 0 Å². The van der Waals surface area contributed by atoms with Crippen molar-refractivity contribution in [1.82, 2.24) is 0 Å². The quantitative estimate of drug-likeness (QED) is 0.443. The predicted octanol–water partition coefficient (Wildman–Crippen LogP) is 5.62. The number of fused-ring (bicyclic) bond motifs is 1. The predicted molar refractivity (Wildman–Crippen MR) is 141 cm³/mol. The molecule has 5 nitrogen and oxygen atoms in total. The molecule has 2 aliphatic heterocycles. The molecule has 0 aliphatic carbocycles. The lowest BCUT2D eigenvalue weighted by molar-refractivity contribution is -0.122. The Morgan fingerprint density at radius 1 is 0.857 bits per heavy atom. The SMILES string of the molecule is CC1=NC2C(OCc3ccccc3)CC(COCc3ccccc3)OC2S1.OCc1ccccc1. The van der Waals surface area contributed by atoms with E-state index in [1.54, 1.807) is 11.8 Å². The van der Waals surface area contributed by atoms with E-state index in [1.165, 1.54) is 11.1 Å². The first kappa shape index (κ1) is 25.6. The Hall–Kier alpha value is -2.48. The number of benzene rings is 3. The molecule has 0 radical (unpaired) electrons. The molecule has 5 rings (SSSR count). The largest absolute Gasteiger partial charge is 0.392 e. The van der Waals surface area contributed by atoms with Crippen LogP contribution in [0.15, 0.2) is 96.0 Å². The number of ether oxygens (including phenoxy) is 3. The first-order valence-electron chi connectivity index (χ1n) is 12.0. The van der Waals surface area contributed by atoms with E-state index in [9.17, 15) is 0 Å². The van der Waals surface area contributed by atoms with Crippen LogP contribution >= 0.6 is 11.8 Å². The number of thioether (sulfide) groups is 1. The maximum absolute atomic E-state index is 8.54. The van der Waals surface area contributed by atoms with Gasteiger partial charge in [0.2, 0.25) is 0 Å². The standard InChI is InChI=1S/C22H25NO3S.C7H8O/c1-16-23-21-20(25-14-18-10-6-3-7-11-18)12-19(26-22(21)27-16)15-24-13-17-8-4-2-5-9-17;8-6-7-4-2-1-3-5-7/h2-11,19-22H,12-15H2,1H3;1-5,8H,6H2. The Balaban J connectivity index is 0.000000308. The lowest BCUT2D eigenvalue weighted by Gasteiger charge is -2.36. The molecule has 4 unspecified atom stereocenters. The molecule has 0 spiro atoms. The van der Waals surface area contributed by atoms with Gasteiger partial charge in [-0.2, -0.15) is 0 Å². The second-order valence-electron chi connectivity index (χ2n) is 8.60. The van der Waals surface area contributed by atoms with Gasteiger partial charge in [0.15, 0.2) is 0 Å². The molecule has 35 heavy (non-hydrogen) atoms. The minimum atomic E-state index is 0.0318. The summed E-state index contributed by atoms with van der Waals surface area (Å²) in [6, 6.07) is 30.1. The number of nitrogens with zero attached hydrogens (tertiary/aromatic N) is 1. The lowest BCUT2D eigenvalue weighted by Crippen LogP contribution is -2.46. The van der Waals surface area contributed by atoms with Gasteiger partial charge in [0.1, 0.15) is 11.5 Å². The third-order valence-corrected chi connectivity index (χ3v) is 6.92. The summed E-state index contributed by atoms with van der Waals surface area (Å²) in [4.78, 5) is 4.76. The highest BCUT2D eigenvalue weighted by Crippen LogP contribution is 2.37. The van der Waals surface area contributed by atoms with Crippen molar-refractivity contribution >= 4 is 16.8 Å². The van der Waals surface area contributed by atoms with Gasteiger partial charge < -0.3 is 19.3 Å². The van der Waals surface area contributed by atoms with Crippen LogP contribution in [0.3, 0.4) is 0 Å². The number of hydrogen-bond acceptors (Lipinski definition) is 6. The fourth-order valence-electron chi connectivity index (χ4n) is 4.07. The van der Waals surface area contributed by atoms with Crippen molar-refractivity contribution in [3.05, 3.63) is 108 Å². The number of rotatable bonds is 8. The Labute approximate surface area is 212 Å². The van der Waals surface area contributed by atoms with Crippen LogP contribution in [0.25, 0.3) is 0 Å². The van der Waals surface area contributed by atoms with Crippen molar-refractivity contribution in [1.29, 1.82) is 0 Å². The van der Waals surface area contributed by atoms with Gasteiger partial charge in [-0.1, -0.05) is 103 Å². The Morgan fingerprint density at radius 3 is 2.00 bits per heavy atom.